The molecule has 0 unspecified atom stereocenters. The predicted molar refractivity (Wildman–Crippen MR) is 111 cm³/mol. The number of carbonyl (C=O) groups is 3. The number of imide groups is 1. The van der Waals surface area contributed by atoms with Crippen LogP contribution in [0.3, 0.4) is 0 Å². The number of nitrogens with zero attached hydrogens (tertiary/aromatic N) is 2. The van der Waals surface area contributed by atoms with E-state index in [1.54, 1.807) is 24.3 Å². The summed E-state index contributed by atoms with van der Waals surface area (Å²) < 4.78 is 5.07. The molecule has 2 aromatic carbocycles. The van der Waals surface area contributed by atoms with Gasteiger partial charge in [0.05, 0.1) is 18.7 Å². The third-order valence-corrected chi connectivity index (χ3v) is 4.89. The SMILES string of the molecule is CCc1ccc(NC(=O)C[C@H]2C(=O)N(c3ccccc3)C(=O)N2CCOC)cc1. The molecule has 1 atom stereocenters. The molecule has 7 nitrogen and oxygen atoms in total. The summed E-state index contributed by atoms with van der Waals surface area (Å²) in [7, 11) is 1.53. The summed E-state index contributed by atoms with van der Waals surface area (Å²) in [6.45, 7) is 2.56. The minimum absolute atomic E-state index is 0.118. The molecule has 0 aromatic heterocycles. The van der Waals surface area contributed by atoms with Gasteiger partial charge in [-0.25, -0.2) is 9.69 Å². The molecule has 1 saturated heterocycles. The van der Waals surface area contributed by atoms with Crippen molar-refractivity contribution in [2.24, 2.45) is 0 Å². The number of ether oxygens (including phenoxy) is 1. The Morgan fingerprint density at radius 2 is 1.76 bits per heavy atom. The molecule has 152 valence electrons. The van der Waals surface area contributed by atoms with Crippen LogP contribution in [0.25, 0.3) is 0 Å². The topological polar surface area (TPSA) is 79.0 Å². The summed E-state index contributed by atoms with van der Waals surface area (Å²) in [6, 6.07) is 15.0. The zero-order valence-corrected chi connectivity index (χ0v) is 16.6. The summed E-state index contributed by atoms with van der Waals surface area (Å²) in [5.74, 6) is -0.730. The maximum Gasteiger partial charge on any atom is 0.332 e. The van der Waals surface area contributed by atoms with Gasteiger partial charge in [0, 0.05) is 19.3 Å². The largest absolute Gasteiger partial charge is 0.383 e. The first kappa shape index (κ1) is 20.5. The zero-order chi connectivity index (χ0) is 20.8. The fourth-order valence-electron chi connectivity index (χ4n) is 3.30. The van der Waals surface area contributed by atoms with E-state index >= 15 is 0 Å². The highest BCUT2D eigenvalue weighted by Crippen LogP contribution is 2.26. The summed E-state index contributed by atoms with van der Waals surface area (Å²) in [5.41, 5.74) is 2.32. The first-order chi connectivity index (χ1) is 14.0. The van der Waals surface area contributed by atoms with E-state index < -0.39 is 18.0 Å². The Bertz CT molecular complexity index is 867. The number of hydrogen-bond donors (Lipinski definition) is 1. The number of rotatable bonds is 8. The number of urea groups is 1. The molecule has 1 heterocycles. The summed E-state index contributed by atoms with van der Waals surface area (Å²) in [4.78, 5) is 41.0. The number of hydrogen-bond acceptors (Lipinski definition) is 4. The average molecular weight is 395 g/mol. The molecule has 7 heteroatoms. The Hall–Kier alpha value is -3.19. The third kappa shape index (κ3) is 4.63. The van der Waals surface area contributed by atoms with E-state index in [1.165, 1.54) is 17.6 Å². The summed E-state index contributed by atoms with van der Waals surface area (Å²) >= 11 is 0. The van der Waals surface area contributed by atoms with Gasteiger partial charge in [-0.05, 0) is 36.2 Å². The van der Waals surface area contributed by atoms with Crippen LogP contribution in [0.5, 0.6) is 0 Å². The number of nitrogens with one attached hydrogen (secondary N) is 1. The van der Waals surface area contributed by atoms with Crippen molar-refractivity contribution >= 4 is 29.2 Å². The van der Waals surface area contributed by atoms with Crippen LogP contribution in [0.15, 0.2) is 54.6 Å². The van der Waals surface area contributed by atoms with E-state index in [0.29, 0.717) is 11.4 Å². The van der Waals surface area contributed by atoms with E-state index in [0.717, 1.165) is 11.3 Å². The maximum absolute atomic E-state index is 13.0. The van der Waals surface area contributed by atoms with Crippen LogP contribution < -0.4 is 10.2 Å². The fourth-order valence-corrected chi connectivity index (χ4v) is 3.30. The van der Waals surface area contributed by atoms with Gasteiger partial charge in [-0.15, -0.1) is 0 Å². The normalized spacial score (nSPS) is 16.4. The van der Waals surface area contributed by atoms with Crippen molar-refractivity contribution in [3.8, 4) is 0 Å². The van der Waals surface area contributed by atoms with Crippen molar-refractivity contribution < 1.29 is 19.1 Å². The third-order valence-electron chi connectivity index (χ3n) is 4.89. The average Bonchev–Trinajstić information content (AvgIpc) is 2.96. The van der Waals surface area contributed by atoms with E-state index in [9.17, 15) is 14.4 Å². The molecule has 0 bridgehead atoms. The monoisotopic (exact) mass is 395 g/mol. The first-order valence-corrected chi connectivity index (χ1v) is 9.62. The number of carbonyl (C=O) groups excluding carboxylic acids is 3. The molecule has 3 rings (SSSR count). The Labute approximate surface area is 170 Å². The van der Waals surface area contributed by atoms with Gasteiger partial charge in [0.15, 0.2) is 0 Å². The van der Waals surface area contributed by atoms with Crippen LogP contribution in [0.4, 0.5) is 16.2 Å². The van der Waals surface area contributed by atoms with Crippen LogP contribution in [0.1, 0.15) is 18.9 Å². The highest BCUT2D eigenvalue weighted by Gasteiger charge is 2.46. The number of anilines is 2. The Kier molecular flexibility index (Phi) is 6.61. The second-order valence-electron chi connectivity index (χ2n) is 6.80. The lowest BCUT2D eigenvalue weighted by atomic mass is 10.1. The number of benzene rings is 2. The molecule has 1 N–H and O–H groups in total. The Morgan fingerprint density at radius 3 is 2.38 bits per heavy atom. The molecule has 0 spiro atoms. The number of aryl methyl sites for hydroxylation is 1. The van der Waals surface area contributed by atoms with Crippen molar-refractivity contribution in [2.45, 2.75) is 25.8 Å². The van der Waals surface area contributed by atoms with Gasteiger partial charge in [-0.3, -0.25) is 9.59 Å². The quantitative estimate of drug-likeness (QED) is 0.697. The van der Waals surface area contributed by atoms with Gasteiger partial charge in [0.1, 0.15) is 6.04 Å². The van der Waals surface area contributed by atoms with Gasteiger partial charge in [0.25, 0.3) is 5.91 Å². The molecule has 4 amide bonds. The van der Waals surface area contributed by atoms with Gasteiger partial charge in [0.2, 0.25) is 5.91 Å². The predicted octanol–water partition coefficient (Wildman–Crippen LogP) is 3.06. The lowest BCUT2D eigenvalue weighted by Crippen LogP contribution is -2.39. The highest BCUT2D eigenvalue weighted by molar-refractivity contribution is 6.22. The van der Waals surface area contributed by atoms with E-state index in [-0.39, 0.29) is 25.5 Å². The van der Waals surface area contributed by atoms with E-state index in [4.69, 9.17) is 4.74 Å². The molecule has 0 radical (unpaired) electrons. The molecular formula is C22H25N3O4. The Balaban J connectivity index is 1.76. The van der Waals surface area contributed by atoms with Gasteiger partial charge >= 0.3 is 6.03 Å². The second kappa shape index (κ2) is 9.34. The van der Waals surface area contributed by atoms with Gasteiger partial charge in [-0.1, -0.05) is 37.3 Å². The summed E-state index contributed by atoms with van der Waals surface area (Å²) in [6.07, 6.45) is 0.795. The molecular weight excluding hydrogens is 370 g/mol. The highest BCUT2D eigenvalue weighted by atomic mass is 16.5. The molecule has 1 aliphatic heterocycles. The van der Waals surface area contributed by atoms with Crippen LogP contribution >= 0.6 is 0 Å². The Morgan fingerprint density at radius 1 is 1.07 bits per heavy atom. The fraction of sp³-hybridized carbons (Fsp3) is 0.318. The second-order valence-corrected chi connectivity index (χ2v) is 6.80. The zero-order valence-electron chi connectivity index (χ0n) is 16.6. The van der Waals surface area contributed by atoms with Crippen molar-refractivity contribution in [1.29, 1.82) is 0 Å². The molecule has 29 heavy (non-hydrogen) atoms. The van der Waals surface area contributed by atoms with E-state index in [1.807, 2.05) is 30.3 Å². The minimum atomic E-state index is -0.868. The van der Waals surface area contributed by atoms with Crippen molar-refractivity contribution in [2.75, 3.05) is 30.5 Å². The summed E-state index contributed by atoms with van der Waals surface area (Å²) in [5, 5.41) is 2.81. The van der Waals surface area contributed by atoms with Gasteiger partial charge in [-0.2, -0.15) is 0 Å². The molecule has 0 saturated carbocycles. The number of methoxy groups -OCH3 is 1. The van der Waals surface area contributed by atoms with Crippen LogP contribution in [-0.2, 0) is 20.7 Å². The van der Waals surface area contributed by atoms with Crippen molar-refractivity contribution in [1.82, 2.24) is 4.90 Å². The number of amides is 4. The molecule has 1 fully saturated rings. The molecule has 0 aliphatic carbocycles. The maximum atomic E-state index is 13.0. The standard InChI is InChI=1S/C22H25N3O4/c1-3-16-9-11-17(12-10-16)23-20(26)15-19-21(27)25(18-7-5-4-6-8-18)22(28)24(19)13-14-29-2/h4-12,19H,3,13-15H2,1-2H3,(H,23,26)/t19-/m0/s1. The van der Waals surface area contributed by atoms with Crippen molar-refractivity contribution in [3.05, 3.63) is 60.2 Å². The van der Waals surface area contributed by atoms with Crippen LogP contribution in [-0.4, -0.2) is 49.0 Å². The van der Waals surface area contributed by atoms with Crippen molar-refractivity contribution in [3.63, 3.8) is 0 Å². The van der Waals surface area contributed by atoms with E-state index in [2.05, 4.69) is 12.2 Å². The van der Waals surface area contributed by atoms with Gasteiger partial charge < -0.3 is 15.0 Å². The van der Waals surface area contributed by atoms with Crippen LogP contribution in [0.2, 0.25) is 0 Å². The first-order valence-electron chi connectivity index (χ1n) is 9.62. The smallest absolute Gasteiger partial charge is 0.332 e. The molecule has 1 aliphatic rings. The lowest BCUT2D eigenvalue weighted by Gasteiger charge is -2.21. The lowest BCUT2D eigenvalue weighted by molar-refractivity contribution is -0.124. The number of para-hydroxylation sites is 1. The minimum Gasteiger partial charge on any atom is -0.383 e. The molecule has 2 aromatic rings. The van der Waals surface area contributed by atoms with Crippen LogP contribution in [0, 0.1) is 0 Å².